The molecule has 3 aromatic rings. The van der Waals surface area contributed by atoms with E-state index < -0.39 is 0 Å². The predicted octanol–water partition coefficient (Wildman–Crippen LogP) is 4.76. The van der Waals surface area contributed by atoms with Crippen LogP contribution in [0, 0.1) is 0 Å². The van der Waals surface area contributed by atoms with Crippen LogP contribution in [-0.4, -0.2) is 22.1 Å². The minimum absolute atomic E-state index is 0. The van der Waals surface area contributed by atoms with Crippen LogP contribution in [0.5, 0.6) is 0 Å². The molecule has 0 aliphatic rings. The van der Waals surface area contributed by atoms with Crippen molar-refractivity contribution in [2.45, 2.75) is 40.2 Å². The summed E-state index contributed by atoms with van der Waals surface area (Å²) in [5.74, 6) is -0.347. The maximum absolute atomic E-state index is 12.2. The Kier molecular flexibility index (Phi) is 5.84. The minimum atomic E-state index is -0.347. The van der Waals surface area contributed by atoms with Crippen molar-refractivity contribution in [3.8, 4) is 0 Å². The smallest absolute Gasteiger partial charge is 0.356 e. The summed E-state index contributed by atoms with van der Waals surface area (Å²) in [5, 5.41) is 2.25. The average Bonchev–Trinajstić information content (AvgIpc) is 2.89. The van der Waals surface area contributed by atoms with Crippen LogP contribution in [0.2, 0.25) is 0 Å². The van der Waals surface area contributed by atoms with Gasteiger partial charge < -0.3 is 9.30 Å². The molecule has 0 amide bonds. The van der Waals surface area contributed by atoms with Gasteiger partial charge in [-0.25, -0.2) is 9.78 Å². The van der Waals surface area contributed by atoms with Gasteiger partial charge in [0.25, 0.3) is 0 Å². The molecule has 128 valence electrons. The van der Waals surface area contributed by atoms with E-state index in [1.54, 1.807) is 0 Å². The molecule has 0 radical (unpaired) electrons. The molecule has 0 unspecified atom stereocenters. The van der Waals surface area contributed by atoms with Crippen LogP contribution in [0.4, 0.5) is 0 Å². The largest absolute Gasteiger partial charge is 0.461 e. The van der Waals surface area contributed by atoms with Gasteiger partial charge in [-0.15, -0.1) is 12.4 Å². The van der Waals surface area contributed by atoms with E-state index >= 15 is 0 Å². The quantitative estimate of drug-likeness (QED) is 0.625. The molecule has 4 nitrogen and oxygen atoms in total. The molecular weight excluding hydrogens is 324 g/mol. The second-order valence-electron chi connectivity index (χ2n) is 5.58. The maximum Gasteiger partial charge on any atom is 0.356 e. The first-order chi connectivity index (χ1) is 11.2. The molecule has 1 aromatic carbocycles. The number of aryl methyl sites for hydroxylation is 2. The van der Waals surface area contributed by atoms with Gasteiger partial charge >= 0.3 is 5.97 Å². The van der Waals surface area contributed by atoms with Gasteiger partial charge in [-0.1, -0.05) is 31.5 Å². The van der Waals surface area contributed by atoms with Crippen molar-refractivity contribution in [2.24, 2.45) is 0 Å². The molecule has 0 bridgehead atoms. The summed E-state index contributed by atoms with van der Waals surface area (Å²) in [6.07, 6.45) is 1.83. The fourth-order valence-electron chi connectivity index (χ4n) is 3.20. The van der Waals surface area contributed by atoms with Crippen LogP contribution in [0.3, 0.4) is 0 Å². The van der Waals surface area contributed by atoms with Gasteiger partial charge in [0.05, 0.1) is 17.8 Å². The van der Waals surface area contributed by atoms with Gasteiger partial charge in [-0.2, -0.15) is 0 Å². The molecule has 0 aliphatic carbocycles. The Morgan fingerprint density at radius 1 is 1.17 bits per heavy atom. The van der Waals surface area contributed by atoms with E-state index in [9.17, 15) is 4.79 Å². The summed E-state index contributed by atoms with van der Waals surface area (Å²) in [5.41, 5.74) is 3.71. The number of ether oxygens (including phenoxy) is 1. The van der Waals surface area contributed by atoms with Gasteiger partial charge in [-0.3, -0.25) is 0 Å². The van der Waals surface area contributed by atoms with E-state index in [2.05, 4.69) is 35.5 Å². The fraction of sp³-hybridized carbons (Fsp3) is 0.368. The highest BCUT2D eigenvalue weighted by Crippen LogP contribution is 2.31. The van der Waals surface area contributed by atoms with Gasteiger partial charge in [0.1, 0.15) is 5.69 Å². The van der Waals surface area contributed by atoms with Crippen molar-refractivity contribution < 1.29 is 9.53 Å². The normalized spacial score (nSPS) is 10.8. The lowest BCUT2D eigenvalue weighted by Crippen LogP contribution is -2.09. The van der Waals surface area contributed by atoms with Crippen LogP contribution < -0.4 is 0 Å². The Morgan fingerprint density at radius 3 is 2.58 bits per heavy atom. The Bertz CT molecular complexity index is 871. The monoisotopic (exact) mass is 346 g/mol. The third-order valence-corrected chi connectivity index (χ3v) is 4.11. The SMILES string of the molecule is CCCc1nc(C(=O)OCC)cc2c3ccccc3n(CC)c12.Cl. The maximum atomic E-state index is 12.2. The lowest BCUT2D eigenvalue weighted by atomic mass is 10.1. The molecule has 0 fully saturated rings. The van der Waals surface area contributed by atoms with Crippen LogP contribution >= 0.6 is 12.4 Å². The van der Waals surface area contributed by atoms with Gasteiger partial charge in [0.2, 0.25) is 0 Å². The fourth-order valence-corrected chi connectivity index (χ4v) is 3.20. The average molecular weight is 347 g/mol. The first-order valence-electron chi connectivity index (χ1n) is 8.29. The zero-order chi connectivity index (χ0) is 16.4. The lowest BCUT2D eigenvalue weighted by molar-refractivity contribution is 0.0519. The van der Waals surface area contributed by atoms with E-state index in [-0.39, 0.29) is 18.4 Å². The van der Waals surface area contributed by atoms with Crippen molar-refractivity contribution in [3.05, 3.63) is 41.7 Å². The number of carbonyl (C=O) groups excluding carboxylic acids is 1. The molecule has 0 aliphatic heterocycles. The van der Waals surface area contributed by atoms with Gasteiger partial charge in [0.15, 0.2) is 0 Å². The number of benzene rings is 1. The lowest BCUT2D eigenvalue weighted by Gasteiger charge is -2.09. The molecule has 0 atom stereocenters. The van der Waals surface area contributed by atoms with Crippen LogP contribution in [0.15, 0.2) is 30.3 Å². The third kappa shape index (κ3) is 2.98. The molecule has 24 heavy (non-hydrogen) atoms. The van der Waals surface area contributed by atoms with E-state index in [1.807, 2.05) is 25.1 Å². The molecule has 5 heteroatoms. The number of halogens is 1. The molecule has 0 N–H and O–H groups in total. The Hall–Kier alpha value is -2.07. The van der Waals surface area contributed by atoms with Crippen LogP contribution in [0.25, 0.3) is 21.8 Å². The number of aromatic nitrogens is 2. The summed E-state index contributed by atoms with van der Waals surface area (Å²) in [6, 6.07) is 10.2. The minimum Gasteiger partial charge on any atom is -0.461 e. The second-order valence-corrected chi connectivity index (χ2v) is 5.58. The Balaban J connectivity index is 0.00000208. The first kappa shape index (κ1) is 18.3. The number of rotatable bonds is 5. The zero-order valence-electron chi connectivity index (χ0n) is 14.3. The molecule has 3 rings (SSSR count). The first-order valence-corrected chi connectivity index (χ1v) is 8.29. The molecule has 0 saturated carbocycles. The number of esters is 1. The van der Waals surface area contributed by atoms with Crippen LogP contribution in [-0.2, 0) is 17.7 Å². The molecule has 2 aromatic heterocycles. The summed E-state index contributed by atoms with van der Waals surface area (Å²) >= 11 is 0. The van der Waals surface area contributed by atoms with Crippen LogP contribution in [0.1, 0.15) is 43.4 Å². The highest BCUT2D eigenvalue weighted by Gasteiger charge is 2.18. The molecular formula is C19H23ClN2O2. The van der Waals surface area contributed by atoms with Crippen molar-refractivity contribution in [2.75, 3.05) is 6.61 Å². The number of fused-ring (bicyclic) bond motifs is 3. The van der Waals surface area contributed by atoms with Crippen molar-refractivity contribution in [1.82, 2.24) is 9.55 Å². The summed E-state index contributed by atoms with van der Waals surface area (Å²) in [7, 11) is 0. The topological polar surface area (TPSA) is 44.1 Å². The second kappa shape index (κ2) is 7.67. The zero-order valence-corrected chi connectivity index (χ0v) is 15.2. The highest BCUT2D eigenvalue weighted by molar-refractivity contribution is 6.10. The number of hydrogen-bond donors (Lipinski definition) is 0. The van der Waals surface area contributed by atoms with Gasteiger partial charge in [-0.05, 0) is 32.4 Å². The van der Waals surface area contributed by atoms with Crippen molar-refractivity contribution >= 4 is 40.2 Å². The number of carbonyl (C=O) groups is 1. The number of pyridine rings is 1. The van der Waals surface area contributed by atoms with Crippen molar-refractivity contribution in [1.29, 1.82) is 0 Å². The third-order valence-electron chi connectivity index (χ3n) is 4.11. The molecule has 0 saturated heterocycles. The molecule has 2 heterocycles. The van der Waals surface area contributed by atoms with E-state index in [0.29, 0.717) is 12.3 Å². The predicted molar refractivity (Wildman–Crippen MR) is 100 cm³/mol. The standard InChI is InChI=1S/C19H22N2O2.ClH/c1-4-9-15-18-14(12-16(20-15)19(22)23-6-3)13-10-7-8-11-17(13)21(18)5-2;/h7-8,10-12H,4-6,9H2,1-3H3;1H. The van der Waals surface area contributed by atoms with E-state index in [4.69, 9.17) is 4.74 Å². The number of hydrogen-bond acceptors (Lipinski definition) is 3. The number of nitrogens with zero attached hydrogens (tertiary/aromatic N) is 2. The van der Waals surface area contributed by atoms with Crippen molar-refractivity contribution in [3.63, 3.8) is 0 Å². The summed E-state index contributed by atoms with van der Waals surface area (Å²) in [6.45, 7) is 7.32. The van der Waals surface area contributed by atoms with Gasteiger partial charge in [0, 0.05) is 22.8 Å². The Labute approximate surface area is 148 Å². The summed E-state index contributed by atoms with van der Waals surface area (Å²) in [4.78, 5) is 16.8. The highest BCUT2D eigenvalue weighted by atomic mass is 35.5. The van der Waals surface area contributed by atoms with E-state index in [1.165, 1.54) is 5.52 Å². The number of para-hydroxylation sites is 1. The molecule has 0 spiro atoms. The van der Waals surface area contributed by atoms with E-state index in [0.717, 1.165) is 41.4 Å². The summed E-state index contributed by atoms with van der Waals surface area (Å²) < 4.78 is 7.44. The Morgan fingerprint density at radius 2 is 1.92 bits per heavy atom.